The van der Waals surface area contributed by atoms with E-state index in [0.717, 1.165) is 13.1 Å². The predicted molar refractivity (Wildman–Crippen MR) is 66.4 cm³/mol. The van der Waals surface area contributed by atoms with Crippen molar-refractivity contribution < 1.29 is 0 Å². The van der Waals surface area contributed by atoms with Crippen molar-refractivity contribution in [2.24, 2.45) is 10.7 Å². The second-order valence-corrected chi connectivity index (χ2v) is 4.60. The van der Waals surface area contributed by atoms with Gasteiger partial charge in [0.2, 0.25) is 0 Å². The van der Waals surface area contributed by atoms with Crippen LogP contribution in [0.2, 0.25) is 0 Å². The van der Waals surface area contributed by atoms with E-state index in [9.17, 15) is 0 Å². The topological polar surface area (TPSA) is 50.4 Å². The average molecular weight is 301 g/mol. The van der Waals surface area contributed by atoms with Gasteiger partial charge in [0.1, 0.15) is 0 Å². The summed E-state index contributed by atoms with van der Waals surface area (Å²) < 4.78 is 1.27. The normalized spacial score (nSPS) is 21.2. The molecule has 74 valence electrons. The van der Waals surface area contributed by atoms with Crippen LogP contribution >= 0.6 is 22.6 Å². The van der Waals surface area contributed by atoms with Gasteiger partial charge >= 0.3 is 0 Å². The zero-order valence-corrected chi connectivity index (χ0v) is 9.86. The van der Waals surface area contributed by atoms with Gasteiger partial charge in [-0.2, -0.15) is 0 Å². The molecule has 1 atom stereocenters. The van der Waals surface area contributed by atoms with E-state index in [0.29, 0.717) is 11.9 Å². The summed E-state index contributed by atoms with van der Waals surface area (Å²) in [5.41, 5.74) is 6.88. The third-order valence-corrected chi connectivity index (χ3v) is 3.00. The van der Waals surface area contributed by atoms with Crippen molar-refractivity contribution in [3.05, 3.63) is 33.4 Å². The highest BCUT2D eigenvalue weighted by molar-refractivity contribution is 14.1. The van der Waals surface area contributed by atoms with Crippen LogP contribution in [0.5, 0.6) is 0 Å². The summed E-state index contributed by atoms with van der Waals surface area (Å²) in [6.07, 6.45) is 0. The molecule has 1 aliphatic heterocycles. The quantitative estimate of drug-likeness (QED) is 0.768. The van der Waals surface area contributed by atoms with E-state index < -0.39 is 0 Å². The lowest BCUT2D eigenvalue weighted by Gasteiger charge is -2.21. The summed E-state index contributed by atoms with van der Waals surface area (Å²) in [6.45, 7) is 1.67. The molecule has 1 unspecified atom stereocenters. The van der Waals surface area contributed by atoms with Crippen molar-refractivity contribution in [1.82, 2.24) is 5.32 Å². The van der Waals surface area contributed by atoms with E-state index in [1.165, 1.54) is 9.13 Å². The molecule has 4 heteroatoms. The number of hydrogen-bond acceptors (Lipinski definition) is 3. The molecule has 1 aromatic carbocycles. The molecule has 0 aromatic heterocycles. The fourth-order valence-corrected chi connectivity index (χ4v) is 2.11. The maximum atomic E-state index is 5.54. The zero-order chi connectivity index (χ0) is 9.97. The van der Waals surface area contributed by atoms with E-state index in [1.54, 1.807) is 0 Å². The molecular formula is C10H12IN3. The molecule has 0 saturated heterocycles. The standard InChI is InChI=1S/C10H12IN3/c11-9-3-1-2-7(4-9)8-5-13-10(12)14-6-8/h1-4,8H,5-6H2,(H3,12,13,14). The van der Waals surface area contributed by atoms with Crippen LogP contribution in [0.4, 0.5) is 0 Å². The zero-order valence-electron chi connectivity index (χ0n) is 7.70. The average Bonchev–Trinajstić information content (AvgIpc) is 2.19. The lowest BCUT2D eigenvalue weighted by atomic mass is 9.98. The van der Waals surface area contributed by atoms with Crippen LogP contribution in [-0.4, -0.2) is 19.0 Å². The molecule has 0 saturated carbocycles. The Morgan fingerprint density at radius 1 is 1.50 bits per heavy atom. The molecule has 0 aliphatic carbocycles. The van der Waals surface area contributed by atoms with Gasteiger partial charge < -0.3 is 11.1 Å². The second kappa shape index (κ2) is 4.16. The van der Waals surface area contributed by atoms with Gasteiger partial charge in [-0.05, 0) is 40.3 Å². The summed E-state index contributed by atoms with van der Waals surface area (Å²) in [4.78, 5) is 4.20. The van der Waals surface area contributed by atoms with Crippen molar-refractivity contribution in [2.75, 3.05) is 13.1 Å². The molecule has 1 aromatic rings. The Kier molecular flexibility index (Phi) is 2.90. The van der Waals surface area contributed by atoms with Gasteiger partial charge in [0, 0.05) is 16.0 Å². The van der Waals surface area contributed by atoms with Gasteiger partial charge in [-0.3, -0.25) is 4.99 Å². The molecule has 3 nitrogen and oxygen atoms in total. The lowest BCUT2D eigenvalue weighted by Crippen LogP contribution is -2.39. The van der Waals surface area contributed by atoms with E-state index in [-0.39, 0.29) is 0 Å². The fourth-order valence-electron chi connectivity index (χ4n) is 1.54. The Morgan fingerprint density at radius 2 is 2.36 bits per heavy atom. The van der Waals surface area contributed by atoms with Gasteiger partial charge in [-0.15, -0.1) is 0 Å². The van der Waals surface area contributed by atoms with E-state index in [4.69, 9.17) is 5.73 Å². The largest absolute Gasteiger partial charge is 0.370 e. The van der Waals surface area contributed by atoms with Crippen molar-refractivity contribution in [1.29, 1.82) is 0 Å². The van der Waals surface area contributed by atoms with Crippen molar-refractivity contribution in [3.63, 3.8) is 0 Å². The van der Waals surface area contributed by atoms with Crippen LogP contribution in [0.25, 0.3) is 0 Å². The summed E-state index contributed by atoms with van der Waals surface area (Å²) in [5, 5.41) is 3.08. The minimum absolute atomic E-state index is 0.456. The Bertz CT molecular complexity index is 362. The predicted octanol–water partition coefficient (Wildman–Crippen LogP) is 1.29. The van der Waals surface area contributed by atoms with Gasteiger partial charge in [-0.25, -0.2) is 0 Å². The Morgan fingerprint density at radius 3 is 3.00 bits per heavy atom. The van der Waals surface area contributed by atoms with E-state index in [2.05, 4.69) is 57.2 Å². The number of halogens is 1. The molecular weight excluding hydrogens is 289 g/mol. The molecule has 0 fully saturated rings. The molecule has 1 aliphatic rings. The number of nitrogens with zero attached hydrogens (tertiary/aromatic N) is 1. The van der Waals surface area contributed by atoms with Crippen LogP contribution in [0, 0.1) is 3.57 Å². The number of guanidine groups is 1. The van der Waals surface area contributed by atoms with Gasteiger partial charge in [0.15, 0.2) is 5.96 Å². The van der Waals surface area contributed by atoms with Crippen LogP contribution in [0.3, 0.4) is 0 Å². The fraction of sp³-hybridized carbons (Fsp3) is 0.300. The third-order valence-electron chi connectivity index (χ3n) is 2.33. The van der Waals surface area contributed by atoms with Crippen LogP contribution in [-0.2, 0) is 0 Å². The van der Waals surface area contributed by atoms with Gasteiger partial charge in [-0.1, -0.05) is 12.1 Å². The van der Waals surface area contributed by atoms with E-state index in [1.807, 2.05) is 0 Å². The lowest BCUT2D eigenvalue weighted by molar-refractivity contribution is 0.635. The van der Waals surface area contributed by atoms with Crippen molar-refractivity contribution in [2.45, 2.75) is 5.92 Å². The highest BCUT2D eigenvalue weighted by Crippen LogP contribution is 2.19. The molecule has 3 N–H and O–H groups in total. The smallest absolute Gasteiger partial charge is 0.188 e. The summed E-state index contributed by atoms with van der Waals surface area (Å²) >= 11 is 2.32. The first-order valence-electron chi connectivity index (χ1n) is 4.55. The van der Waals surface area contributed by atoms with Gasteiger partial charge in [0.25, 0.3) is 0 Å². The Balaban J connectivity index is 2.16. The number of nitrogens with one attached hydrogen (secondary N) is 1. The van der Waals surface area contributed by atoms with Crippen LogP contribution in [0.1, 0.15) is 11.5 Å². The molecule has 0 amide bonds. The summed E-state index contributed by atoms with van der Waals surface area (Å²) in [5.74, 6) is 1.02. The summed E-state index contributed by atoms with van der Waals surface area (Å²) in [7, 11) is 0. The molecule has 0 radical (unpaired) electrons. The van der Waals surface area contributed by atoms with Gasteiger partial charge in [0.05, 0.1) is 6.54 Å². The summed E-state index contributed by atoms with van der Waals surface area (Å²) in [6, 6.07) is 8.52. The highest BCUT2D eigenvalue weighted by atomic mass is 127. The first kappa shape index (κ1) is 9.76. The Hall–Kier alpha value is -0.780. The number of nitrogens with two attached hydrogens (primary N) is 1. The van der Waals surface area contributed by atoms with Crippen LogP contribution in [0.15, 0.2) is 29.3 Å². The minimum Gasteiger partial charge on any atom is -0.370 e. The van der Waals surface area contributed by atoms with Crippen molar-refractivity contribution in [3.8, 4) is 0 Å². The number of rotatable bonds is 1. The first-order valence-corrected chi connectivity index (χ1v) is 5.63. The molecule has 2 rings (SSSR count). The first-order chi connectivity index (χ1) is 6.75. The molecule has 1 heterocycles. The van der Waals surface area contributed by atoms with E-state index >= 15 is 0 Å². The highest BCUT2D eigenvalue weighted by Gasteiger charge is 2.15. The monoisotopic (exact) mass is 301 g/mol. The molecule has 14 heavy (non-hydrogen) atoms. The third kappa shape index (κ3) is 2.17. The number of aliphatic imine (C=N–C) groups is 1. The second-order valence-electron chi connectivity index (χ2n) is 3.36. The van der Waals surface area contributed by atoms with Crippen molar-refractivity contribution >= 4 is 28.6 Å². The maximum absolute atomic E-state index is 5.54. The maximum Gasteiger partial charge on any atom is 0.188 e. The SMILES string of the molecule is NC1=NCC(c2cccc(I)c2)CN1. The Labute approximate surface area is 96.9 Å². The number of benzene rings is 1. The van der Waals surface area contributed by atoms with Crippen LogP contribution < -0.4 is 11.1 Å². The number of hydrogen-bond donors (Lipinski definition) is 2. The molecule has 0 bridgehead atoms. The minimum atomic E-state index is 0.456. The molecule has 0 spiro atoms.